The molecule has 3 aromatic rings. The van der Waals surface area contributed by atoms with E-state index >= 15 is 0 Å². The van der Waals surface area contributed by atoms with Crippen LogP contribution in [0.5, 0.6) is 5.88 Å². The maximum absolute atomic E-state index is 9.75. The van der Waals surface area contributed by atoms with Crippen LogP contribution in [0.3, 0.4) is 0 Å². The van der Waals surface area contributed by atoms with Crippen molar-refractivity contribution >= 4 is 30.7 Å². The summed E-state index contributed by atoms with van der Waals surface area (Å²) in [4.78, 5) is 9.26. The number of nitrogens with two attached hydrogens (primary N) is 1. The number of hydrogen-bond donors (Lipinski definition) is 2. The lowest BCUT2D eigenvalue weighted by atomic mass is 9.90. The average Bonchev–Trinajstić information content (AvgIpc) is 3.26. The Balaban J connectivity index is 1.66. The van der Waals surface area contributed by atoms with Crippen LogP contribution in [-0.4, -0.2) is 51.1 Å². The highest BCUT2D eigenvalue weighted by Gasteiger charge is 2.30. The van der Waals surface area contributed by atoms with Crippen LogP contribution < -0.4 is 15.8 Å². The molecule has 4 rings (SSSR count). The molecule has 0 spiro atoms. The molecule has 0 unspecified atom stereocenters. The summed E-state index contributed by atoms with van der Waals surface area (Å²) in [6.45, 7) is 7.92. The Morgan fingerprint density at radius 2 is 2.06 bits per heavy atom. The number of nitriles is 1. The van der Waals surface area contributed by atoms with Gasteiger partial charge < -0.3 is 25.1 Å². The predicted molar refractivity (Wildman–Crippen MR) is 124 cm³/mol. The van der Waals surface area contributed by atoms with Crippen molar-refractivity contribution in [2.75, 3.05) is 11.9 Å². The highest BCUT2D eigenvalue weighted by atomic mass is 28.3. The van der Waals surface area contributed by atoms with E-state index in [1.54, 1.807) is 17.1 Å². The van der Waals surface area contributed by atoms with Crippen molar-refractivity contribution in [2.45, 2.75) is 57.4 Å². The first-order valence-electron chi connectivity index (χ1n) is 10.8. The molecule has 10 nitrogen and oxygen atoms in total. The summed E-state index contributed by atoms with van der Waals surface area (Å²) in [6.07, 6.45) is 6.79. The summed E-state index contributed by atoms with van der Waals surface area (Å²) in [5.74, 6) is 0.755. The molecule has 32 heavy (non-hydrogen) atoms. The van der Waals surface area contributed by atoms with Crippen LogP contribution in [0.25, 0.3) is 11.0 Å². The summed E-state index contributed by atoms with van der Waals surface area (Å²) in [5.41, 5.74) is 7.73. The number of aromatic nitrogens is 5. The van der Waals surface area contributed by atoms with E-state index in [0.717, 1.165) is 24.6 Å². The first kappa shape index (κ1) is 22.3. The minimum absolute atomic E-state index is 0.0165. The molecular formula is C21H30N8O2Si. The zero-order chi connectivity index (χ0) is 22.9. The zero-order valence-electron chi connectivity index (χ0n) is 19.0. The Morgan fingerprint density at radius 1 is 1.28 bits per heavy atom. The predicted octanol–water partition coefficient (Wildman–Crippen LogP) is 2.96. The second kappa shape index (κ2) is 8.89. The lowest BCUT2D eigenvalue weighted by Gasteiger charge is -2.32. The van der Waals surface area contributed by atoms with Gasteiger partial charge >= 0.3 is 0 Å². The van der Waals surface area contributed by atoms with Crippen molar-refractivity contribution in [1.29, 1.82) is 5.26 Å². The molecule has 170 valence electrons. The van der Waals surface area contributed by atoms with Crippen molar-refractivity contribution in [1.82, 2.24) is 24.3 Å². The number of nitrogens with zero attached hydrogens (tertiary/aromatic N) is 6. The van der Waals surface area contributed by atoms with Gasteiger partial charge in [-0.25, -0.2) is 0 Å². The second-order valence-corrected chi connectivity index (χ2v) is 15.1. The van der Waals surface area contributed by atoms with Crippen molar-refractivity contribution in [2.24, 2.45) is 12.8 Å². The van der Waals surface area contributed by atoms with Gasteiger partial charge in [0.15, 0.2) is 5.65 Å². The van der Waals surface area contributed by atoms with E-state index in [0.29, 0.717) is 41.8 Å². The Morgan fingerprint density at radius 3 is 2.69 bits per heavy atom. The van der Waals surface area contributed by atoms with Gasteiger partial charge in [-0.15, -0.1) is 0 Å². The molecule has 1 aliphatic carbocycles. The number of nitrogens with one attached hydrogen (secondary N) is 1. The number of anilines is 2. The smallest absolute Gasteiger partial charge is 0.232 e. The van der Waals surface area contributed by atoms with Crippen LogP contribution in [0.4, 0.5) is 11.6 Å². The third-order valence-corrected chi connectivity index (χ3v) is 7.10. The maximum Gasteiger partial charge on any atom is 0.232 e. The van der Waals surface area contributed by atoms with Crippen LogP contribution in [0.2, 0.25) is 25.7 Å². The van der Waals surface area contributed by atoms with Gasteiger partial charge in [-0.05, 0) is 18.9 Å². The molecule has 0 amide bonds. The molecule has 11 heteroatoms. The quantitative estimate of drug-likeness (QED) is 0.373. The number of hydrogen-bond acceptors (Lipinski definition) is 8. The number of rotatable bonds is 9. The molecule has 1 saturated carbocycles. The fourth-order valence-corrected chi connectivity index (χ4v) is 4.25. The van der Waals surface area contributed by atoms with E-state index in [4.69, 9.17) is 15.2 Å². The van der Waals surface area contributed by atoms with E-state index in [9.17, 15) is 5.26 Å². The number of ether oxygens (including phenoxy) is 2. The Hall–Kier alpha value is -2.94. The van der Waals surface area contributed by atoms with E-state index < -0.39 is 8.07 Å². The molecule has 0 bridgehead atoms. The highest BCUT2D eigenvalue weighted by molar-refractivity contribution is 6.76. The van der Waals surface area contributed by atoms with Gasteiger partial charge in [-0.3, -0.25) is 4.68 Å². The van der Waals surface area contributed by atoms with Gasteiger partial charge in [0.05, 0.1) is 22.8 Å². The van der Waals surface area contributed by atoms with Crippen LogP contribution >= 0.6 is 0 Å². The van der Waals surface area contributed by atoms with E-state index in [1.807, 2.05) is 17.8 Å². The first-order chi connectivity index (χ1) is 15.2. The molecule has 0 saturated heterocycles. The molecular weight excluding hydrogens is 424 g/mol. The number of aryl methyl sites for hydroxylation is 1. The van der Waals surface area contributed by atoms with Gasteiger partial charge in [-0.1, -0.05) is 19.6 Å². The summed E-state index contributed by atoms with van der Waals surface area (Å²) in [6, 6.07) is 3.46. The van der Waals surface area contributed by atoms with Gasteiger partial charge in [-0.2, -0.15) is 20.3 Å². The molecule has 3 aromatic heterocycles. The minimum atomic E-state index is -1.19. The summed E-state index contributed by atoms with van der Waals surface area (Å²) < 4.78 is 15.6. The van der Waals surface area contributed by atoms with Crippen molar-refractivity contribution < 1.29 is 9.47 Å². The van der Waals surface area contributed by atoms with Gasteiger partial charge in [0.1, 0.15) is 18.9 Å². The molecule has 1 fully saturated rings. The molecule has 1 aliphatic rings. The Kier molecular flexibility index (Phi) is 6.19. The monoisotopic (exact) mass is 454 g/mol. The summed E-state index contributed by atoms with van der Waals surface area (Å²) in [7, 11) is 0.647. The average molecular weight is 455 g/mol. The summed E-state index contributed by atoms with van der Waals surface area (Å²) >= 11 is 0. The fourth-order valence-electron chi connectivity index (χ4n) is 3.49. The normalized spacial score (nSPS) is 18.4. The van der Waals surface area contributed by atoms with E-state index in [2.05, 4.69) is 46.1 Å². The van der Waals surface area contributed by atoms with Crippen molar-refractivity contribution in [3.05, 3.63) is 24.2 Å². The van der Waals surface area contributed by atoms with E-state index in [-0.39, 0.29) is 12.1 Å². The van der Waals surface area contributed by atoms with Crippen molar-refractivity contribution in [3.8, 4) is 11.9 Å². The fraction of sp³-hybridized carbons (Fsp3) is 0.524. The van der Waals surface area contributed by atoms with Crippen LogP contribution in [0.15, 0.2) is 18.6 Å². The van der Waals surface area contributed by atoms with Gasteiger partial charge in [0.2, 0.25) is 11.8 Å². The molecule has 3 N–H and O–H groups in total. The zero-order valence-corrected chi connectivity index (χ0v) is 20.0. The first-order valence-corrected chi connectivity index (χ1v) is 14.5. The summed E-state index contributed by atoms with van der Waals surface area (Å²) in [5, 5.41) is 17.7. The van der Waals surface area contributed by atoms with Gasteiger partial charge in [0.25, 0.3) is 0 Å². The van der Waals surface area contributed by atoms with Crippen LogP contribution in [-0.2, 0) is 18.5 Å². The molecule has 0 aromatic carbocycles. The topological polar surface area (TPSA) is 129 Å². The minimum Gasteiger partial charge on any atom is -0.474 e. The van der Waals surface area contributed by atoms with E-state index in [1.165, 1.54) is 0 Å². The lowest BCUT2D eigenvalue weighted by Crippen LogP contribution is -2.43. The second-order valence-electron chi connectivity index (χ2n) is 9.52. The van der Waals surface area contributed by atoms with Crippen LogP contribution in [0, 0.1) is 11.3 Å². The third kappa shape index (κ3) is 5.09. The van der Waals surface area contributed by atoms with Crippen LogP contribution in [0.1, 0.15) is 18.4 Å². The molecule has 0 aliphatic heterocycles. The third-order valence-electron chi connectivity index (χ3n) is 5.40. The lowest BCUT2D eigenvalue weighted by molar-refractivity contribution is 0.0896. The molecule has 0 atom stereocenters. The van der Waals surface area contributed by atoms with Gasteiger partial charge in [0, 0.05) is 40.2 Å². The highest BCUT2D eigenvalue weighted by Crippen LogP contribution is 2.33. The van der Waals surface area contributed by atoms with Crippen molar-refractivity contribution in [3.63, 3.8) is 0 Å². The maximum atomic E-state index is 9.75. The Bertz CT molecular complexity index is 1140. The Labute approximate surface area is 188 Å². The standard InChI is InChI=1S/C21H30N8O2Si/c1-28-12-16(10-24-28)25-21-26-19-18(20(27-21)31-17-7-15(23)8-17)14(9-22)11-29(19)13-30-5-6-32(2,3)4/h10-12,15,17H,5-8,13,23H2,1-4H3,(H,25,26,27). The SMILES string of the molecule is Cn1cc(Nc2nc(OC3CC(N)C3)c3c(C#N)cn(COCC[Si](C)(C)C)c3n2)cn1. The molecule has 0 radical (unpaired) electrons. The largest absolute Gasteiger partial charge is 0.474 e. The number of fused-ring (bicyclic) bond motifs is 1. The molecule has 3 heterocycles.